The number of thiazole rings is 1. The molecule has 0 saturated heterocycles. The molecule has 0 amide bonds. The lowest BCUT2D eigenvalue weighted by atomic mass is 10.0. The second-order valence-corrected chi connectivity index (χ2v) is 9.18. The van der Waals surface area contributed by atoms with Crippen LogP contribution in [0.3, 0.4) is 0 Å². The molecule has 30 heavy (non-hydrogen) atoms. The van der Waals surface area contributed by atoms with Crippen LogP contribution in [0.5, 0.6) is 11.5 Å². The highest BCUT2D eigenvalue weighted by Crippen LogP contribution is 2.31. The molecule has 4 aromatic rings. The summed E-state index contributed by atoms with van der Waals surface area (Å²) in [6, 6.07) is 10.7. The highest BCUT2D eigenvalue weighted by molar-refractivity contribution is 7.92. The Morgan fingerprint density at radius 3 is 2.57 bits per heavy atom. The van der Waals surface area contributed by atoms with Crippen LogP contribution in [-0.4, -0.2) is 37.2 Å². The van der Waals surface area contributed by atoms with Crippen LogP contribution in [0.15, 0.2) is 46.7 Å². The van der Waals surface area contributed by atoms with Crippen molar-refractivity contribution in [2.75, 3.05) is 18.9 Å². The Kier molecular flexibility index (Phi) is 5.12. The molecule has 0 radical (unpaired) electrons. The summed E-state index contributed by atoms with van der Waals surface area (Å²) in [6.45, 7) is 4.07. The first-order chi connectivity index (χ1) is 14.3. The van der Waals surface area contributed by atoms with E-state index >= 15 is 0 Å². The zero-order chi connectivity index (χ0) is 21.5. The highest BCUT2D eigenvalue weighted by atomic mass is 32.2. The molecule has 1 N–H and O–H groups in total. The number of benzene rings is 2. The van der Waals surface area contributed by atoms with E-state index in [1.54, 1.807) is 10.6 Å². The summed E-state index contributed by atoms with van der Waals surface area (Å²) >= 11 is 1.39. The van der Waals surface area contributed by atoms with Crippen LogP contribution >= 0.6 is 11.3 Å². The molecule has 2 aromatic heterocycles. The molecular weight excluding hydrogens is 424 g/mol. The van der Waals surface area contributed by atoms with Gasteiger partial charge in [-0.25, -0.2) is 17.7 Å². The maximum Gasteiger partial charge on any atom is 0.268 e. The van der Waals surface area contributed by atoms with Crippen LogP contribution in [0.1, 0.15) is 11.1 Å². The number of anilines is 1. The lowest BCUT2D eigenvalue weighted by molar-refractivity contribution is 0.392. The fourth-order valence-corrected chi connectivity index (χ4v) is 5.13. The number of aromatic nitrogens is 3. The Morgan fingerprint density at radius 2 is 1.87 bits per heavy atom. The number of nitrogens with one attached hydrogen (secondary N) is 1. The number of nitrogens with zero attached hydrogens (tertiary/aromatic N) is 3. The van der Waals surface area contributed by atoms with Crippen LogP contribution in [0.25, 0.3) is 16.2 Å². The van der Waals surface area contributed by atoms with Gasteiger partial charge in [0.2, 0.25) is 4.96 Å². The maximum atomic E-state index is 13.0. The third kappa shape index (κ3) is 3.59. The SMILES string of the molecule is COc1ccc(OC)c(S(=O)(=O)Nc2nc3scc(-c4ccc(C)cc4C)n3n2)c1. The van der Waals surface area contributed by atoms with Crippen molar-refractivity contribution in [2.45, 2.75) is 18.7 Å². The summed E-state index contributed by atoms with van der Waals surface area (Å²) in [6.07, 6.45) is 0. The zero-order valence-corrected chi connectivity index (χ0v) is 18.5. The summed E-state index contributed by atoms with van der Waals surface area (Å²) in [7, 11) is -1.13. The number of sulfonamides is 1. The van der Waals surface area contributed by atoms with Gasteiger partial charge in [-0.15, -0.1) is 16.4 Å². The van der Waals surface area contributed by atoms with Crippen molar-refractivity contribution in [2.24, 2.45) is 0 Å². The Labute approximate surface area is 178 Å². The Hall–Kier alpha value is -3.11. The molecule has 156 valence electrons. The fraction of sp³-hybridized carbons (Fsp3) is 0.200. The van der Waals surface area contributed by atoms with Gasteiger partial charge in [0.05, 0.1) is 19.9 Å². The number of methoxy groups -OCH3 is 2. The van der Waals surface area contributed by atoms with E-state index in [1.165, 1.54) is 43.3 Å². The first-order valence-electron chi connectivity index (χ1n) is 8.99. The minimum Gasteiger partial charge on any atom is -0.497 e. The van der Waals surface area contributed by atoms with Crippen molar-refractivity contribution in [3.05, 3.63) is 52.9 Å². The zero-order valence-electron chi connectivity index (χ0n) is 16.8. The molecule has 0 unspecified atom stereocenters. The second-order valence-electron chi connectivity index (χ2n) is 6.69. The maximum absolute atomic E-state index is 13.0. The standard InChI is InChI=1S/C20H20N4O4S2/c1-12-5-7-15(13(2)9-12)16-11-29-20-21-19(22-24(16)20)23-30(25,26)18-10-14(27-3)6-8-17(18)28-4/h5-11H,1-4H3,(H,22,23). The van der Waals surface area contributed by atoms with Crippen molar-refractivity contribution in [1.82, 2.24) is 14.6 Å². The normalized spacial score (nSPS) is 11.6. The predicted octanol–water partition coefficient (Wildman–Crippen LogP) is 3.89. The quantitative estimate of drug-likeness (QED) is 0.485. The van der Waals surface area contributed by atoms with E-state index in [0.717, 1.165) is 16.8 Å². The topological polar surface area (TPSA) is 94.8 Å². The summed E-state index contributed by atoms with van der Waals surface area (Å²) in [5.74, 6) is 0.574. The molecule has 2 aromatic carbocycles. The largest absolute Gasteiger partial charge is 0.497 e. The Bertz CT molecular complexity index is 1340. The average molecular weight is 445 g/mol. The monoisotopic (exact) mass is 444 g/mol. The molecule has 0 aliphatic carbocycles. The number of hydrogen-bond donors (Lipinski definition) is 1. The van der Waals surface area contributed by atoms with Crippen LogP contribution in [-0.2, 0) is 10.0 Å². The number of ether oxygens (including phenoxy) is 2. The van der Waals surface area contributed by atoms with Crippen LogP contribution in [0.4, 0.5) is 5.95 Å². The van der Waals surface area contributed by atoms with Gasteiger partial charge in [0.15, 0.2) is 0 Å². The summed E-state index contributed by atoms with van der Waals surface area (Å²) in [5.41, 5.74) is 4.14. The van der Waals surface area contributed by atoms with Crippen LogP contribution in [0.2, 0.25) is 0 Å². The van der Waals surface area contributed by atoms with E-state index in [2.05, 4.69) is 20.9 Å². The van der Waals surface area contributed by atoms with Gasteiger partial charge in [0.1, 0.15) is 16.4 Å². The molecule has 8 nitrogen and oxygen atoms in total. The minimum absolute atomic E-state index is 0.0160. The molecule has 0 spiro atoms. The van der Waals surface area contributed by atoms with Gasteiger partial charge in [0, 0.05) is 17.0 Å². The van der Waals surface area contributed by atoms with E-state index in [4.69, 9.17) is 9.47 Å². The van der Waals surface area contributed by atoms with Crippen molar-refractivity contribution in [3.63, 3.8) is 0 Å². The number of hydrogen-bond acceptors (Lipinski definition) is 7. The first kappa shape index (κ1) is 20.2. The molecule has 0 fully saturated rings. The molecule has 0 aliphatic rings. The molecule has 0 aliphatic heterocycles. The van der Waals surface area contributed by atoms with Gasteiger partial charge in [-0.05, 0) is 31.5 Å². The molecule has 0 saturated carbocycles. The smallest absolute Gasteiger partial charge is 0.268 e. The third-order valence-corrected chi connectivity index (χ3v) is 6.79. The lowest BCUT2D eigenvalue weighted by Crippen LogP contribution is -2.15. The minimum atomic E-state index is -3.99. The Balaban J connectivity index is 1.72. The average Bonchev–Trinajstić information content (AvgIpc) is 3.27. The first-order valence-corrected chi connectivity index (χ1v) is 11.4. The number of fused-ring (bicyclic) bond motifs is 1. The molecule has 0 atom stereocenters. The number of rotatable bonds is 6. The van der Waals surface area contributed by atoms with Crippen molar-refractivity contribution >= 4 is 32.3 Å². The van der Waals surface area contributed by atoms with E-state index < -0.39 is 10.0 Å². The second kappa shape index (κ2) is 7.62. The third-order valence-electron chi connectivity index (χ3n) is 4.63. The molecule has 2 heterocycles. The van der Waals surface area contributed by atoms with Gasteiger partial charge in [-0.2, -0.15) is 4.98 Å². The fourth-order valence-electron chi connectivity index (χ4n) is 3.18. The molecule has 10 heteroatoms. The number of aryl methyl sites for hydroxylation is 2. The van der Waals surface area contributed by atoms with Gasteiger partial charge in [0.25, 0.3) is 16.0 Å². The van der Waals surface area contributed by atoms with Crippen LogP contribution < -0.4 is 14.2 Å². The predicted molar refractivity (Wildman–Crippen MR) is 116 cm³/mol. The van der Waals surface area contributed by atoms with Gasteiger partial charge in [-0.1, -0.05) is 23.8 Å². The summed E-state index contributed by atoms with van der Waals surface area (Å²) in [5, 5.41) is 6.33. The van der Waals surface area contributed by atoms with E-state index in [9.17, 15) is 8.42 Å². The van der Waals surface area contributed by atoms with E-state index in [1.807, 2.05) is 31.4 Å². The molecule has 0 bridgehead atoms. The van der Waals surface area contributed by atoms with Gasteiger partial charge >= 0.3 is 0 Å². The summed E-state index contributed by atoms with van der Waals surface area (Å²) < 4.78 is 40.3. The van der Waals surface area contributed by atoms with E-state index in [-0.39, 0.29) is 16.6 Å². The van der Waals surface area contributed by atoms with Crippen molar-refractivity contribution < 1.29 is 17.9 Å². The van der Waals surface area contributed by atoms with Gasteiger partial charge in [-0.3, -0.25) is 0 Å². The van der Waals surface area contributed by atoms with E-state index in [0.29, 0.717) is 10.7 Å². The van der Waals surface area contributed by atoms with Gasteiger partial charge < -0.3 is 9.47 Å². The highest BCUT2D eigenvalue weighted by Gasteiger charge is 2.23. The summed E-state index contributed by atoms with van der Waals surface area (Å²) in [4.78, 5) is 4.85. The molecule has 4 rings (SSSR count). The lowest BCUT2D eigenvalue weighted by Gasteiger charge is -2.11. The molecular formula is C20H20N4O4S2. The Morgan fingerprint density at radius 1 is 1.07 bits per heavy atom. The van der Waals surface area contributed by atoms with Crippen LogP contribution in [0, 0.1) is 13.8 Å². The van der Waals surface area contributed by atoms with Crippen molar-refractivity contribution in [1.29, 1.82) is 0 Å². The van der Waals surface area contributed by atoms with Crippen molar-refractivity contribution in [3.8, 4) is 22.8 Å².